The number of anilines is 3. The van der Waals surface area contributed by atoms with Gasteiger partial charge >= 0.3 is 0 Å². The summed E-state index contributed by atoms with van der Waals surface area (Å²) in [6.07, 6.45) is 6.51. The predicted octanol–water partition coefficient (Wildman–Crippen LogP) is 2.82. The third kappa shape index (κ3) is 3.95. The lowest BCUT2D eigenvalue weighted by Crippen LogP contribution is -2.30. The number of piperidine rings is 1. The van der Waals surface area contributed by atoms with E-state index < -0.39 is 0 Å². The summed E-state index contributed by atoms with van der Waals surface area (Å²) in [7, 11) is 1.81. The number of nitrogens with one attached hydrogen (secondary N) is 1. The third-order valence-corrected chi connectivity index (χ3v) is 5.04. The number of hydrogen-bond acceptors (Lipinski definition) is 7. The Balaban J connectivity index is 1.39. The van der Waals surface area contributed by atoms with Crippen molar-refractivity contribution >= 4 is 28.5 Å². The highest BCUT2D eigenvalue weighted by molar-refractivity contribution is 5.96. The SMILES string of the molecule is Cn1nc(N)nc1NCCCOc1cccc2c(N3CCCCC3)nccc12. The maximum Gasteiger partial charge on any atom is 0.241 e. The van der Waals surface area contributed by atoms with E-state index >= 15 is 0 Å². The summed E-state index contributed by atoms with van der Waals surface area (Å²) in [4.78, 5) is 11.2. The second-order valence-electron chi connectivity index (χ2n) is 7.08. The van der Waals surface area contributed by atoms with E-state index in [-0.39, 0.29) is 5.95 Å². The fourth-order valence-corrected chi connectivity index (χ4v) is 3.66. The van der Waals surface area contributed by atoms with Crippen LogP contribution < -0.4 is 20.7 Å². The molecular formula is C20H27N7O. The average molecular weight is 381 g/mol. The molecule has 0 atom stereocenters. The van der Waals surface area contributed by atoms with Gasteiger partial charge in [-0.15, -0.1) is 5.10 Å². The molecule has 148 valence electrons. The van der Waals surface area contributed by atoms with Crippen LogP contribution in [0.5, 0.6) is 5.75 Å². The molecule has 8 heteroatoms. The first kappa shape index (κ1) is 18.3. The van der Waals surface area contributed by atoms with Crippen molar-refractivity contribution in [1.82, 2.24) is 19.7 Å². The summed E-state index contributed by atoms with van der Waals surface area (Å²) in [6.45, 7) is 3.50. The van der Waals surface area contributed by atoms with Crippen molar-refractivity contribution in [1.29, 1.82) is 0 Å². The molecule has 1 fully saturated rings. The molecule has 0 aliphatic carbocycles. The molecule has 3 N–H and O–H groups in total. The number of nitrogens with two attached hydrogens (primary N) is 1. The van der Waals surface area contributed by atoms with Gasteiger partial charge in [0.1, 0.15) is 11.6 Å². The summed E-state index contributed by atoms with van der Waals surface area (Å²) in [6, 6.07) is 8.25. The number of hydrogen-bond donors (Lipinski definition) is 2. The molecule has 1 aliphatic heterocycles. The van der Waals surface area contributed by atoms with Crippen molar-refractivity contribution in [2.24, 2.45) is 7.05 Å². The largest absolute Gasteiger partial charge is 0.493 e. The third-order valence-electron chi connectivity index (χ3n) is 5.04. The van der Waals surface area contributed by atoms with Gasteiger partial charge in [-0.25, -0.2) is 9.67 Å². The molecular weight excluding hydrogens is 354 g/mol. The minimum Gasteiger partial charge on any atom is -0.493 e. The first-order chi connectivity index (χ1) is 13.7. The Morgan fingerprint density at radius 2 is 2.00 bits per heavy atom. The van der Waals surface area contributed by atoms with Crippen molar-refractivity contribution in [3.8, 4) is 5.75 Å². The number of nitrogens with zero attached hydrogens (tertiary/aromatic N) is 5. The van der Waals surface area contributed by atoms with Crippen LogP contribution in [0.25, 0.3) is 10.8 Å². The lowest BCUT2D eigenvalue weighted by Gasteiger charge is -2.28. The Kier molecular flexibility index (Phi) is 5.45. The Morgan fingerprint density at radius 1 is 1.14 bits per heavy atom. The molecule has 3 aromatic rings. The molecule has 1 saturated heterocycles. The van der Waals surface area contributed by atoms with Gasteiger partial charge in [0, 0.05) is 43.7 Å². The Morgan fingerprint density at radius 3 is 2.79 bits per heavy atom. The lowest BCUT2D eigenvalue weighted by molar-refractivity contribution is 0.318. The van der Waals surface area contributed by atoms with Crippen molar-refractivity contribution in [2.45, 2.75) is 25.7 Å². The highest BCUT2D eigenvalue weighted by Crippen LogP contribution is 2.32. The van der Waals surface area contributed by atoms with Gasteiger partial charge in [-0.2, -0.15) is 4.98 Å². The van der Waals surface area contributed by atoms with Crippen molar-refractivity contribution < 1.29 is 4.74 Å². The fourth-order valence-electron chi connectivity index (χ4n) is 3.66. The Bertz CT molecular complexity index is 933. The lowest BCUT2D eigenvalue weighted by atomic mass is 10.1. The molecule has 0 amide bonds. The highest BCUT2D eigenvalue weighted by Gasteiger charge is 2.16. The second kappa shape index (κ2) is 8.33. The van der Waals surface area contributed by atoms with Crippen molar-refractivity contribution in [3.63, 3.8) is 0 Å². The molecule has 0 saturated carbocycles. The summed E-state index contributed by atoms with van der Waals surface area (Å²) in [5, 5.41) is 9.52. The van der Waals surface area contributed by atoms with E-state index in [1.165, 1.54) is 19.3 Å². The van der Waals surface area contributed by atoms with Crippen molar-refractivity contribution in [2.75, 3.05) is 42.2 Å². The summed E-state index contributed by atoms with van der Waals surface area (Å²) in [5.74, 6) is 2.92. The molecule has 4 rings (SSSR count). The van der Waals surface area contributed by atoms with Gasteiger partial charge in [-0.3, -0.25) is 0 Å². The number of benzene rings is 1. The molecule has 3 heterocycles. The van der Waals surface area contributed by atoms with Crippen LogP contribution in [0.15, 0.2) is 30.5 Å². The average Bonchev–Trinajstić information content (AvgIpc) is 3.05. The van der Waals surface area contributed by atoms with E-state index in [2.05, 4.69) is 31.3 Å². The number of aromatic nitrogens is 4. The number of aryl methyl sites for hydroxylation is 1. The summed E-state index contributed by atoms with van der Waals surface area (Å²) >= 11 is 0. The van der Waals surface area contributed by atoms with Crippen LogP contribution in [0.4, 0.5) is 17.7 Å². The summed E-state index contributed by atoms with van der Waals surface area (Å²) < 4.78 is 7.72. The number of ether oxygens (including phenoxy) is 1. The standard InChI is InChI=1S/C20H27N7O/c1-26-20(24-19(21)25-26)23-10-6-14-28-17-8-5-7-16-15(17)9-11-22-18(16)27-12-3-2-4-13-27/h5,7-9,11H,2-4,6,10,12-14H2,1H3,(H3,21,23,24,25). The van der Waals surface area contributed by atoms with Gasteiger partial charge in [0.15, 0.2) is 0 Å². The molecule has 0 bridgehead atoms. The summed E-state index contributed by atoms with van der Waals surface area (Å²) in [5.41, 5.74) is 5.59. The Hall–Kier alpha value is -3.03. The topological polar surface area (TPSA) is 94.1 Å². The smallest absolute Gasteiger partial charge is 0.241 e. The van der Waals surface area contributed by atoms with Crippen LogP contribution in [0.3, 0.4) is 0 Å². The molecule has 0 unspecified atom stereocenters. The fraction of sp³-hybridized carbons (Fsp3) is 0.450. The van der Waals surface area contributed by atoms with E-state index in [1.54, 1.807) is 4.68 Å². The van der Waals surface area contributed by atoms with E-state index in [0.29, 0.717) is 12.6 Å². The number of rotatable bonds is 7. The zero-order valence-electron chi connectivity index (χ0n) is 16.3. The van der Waals surface area contributed by atoms with Crippen LogP contribution in [0, 0.1) is 0 Å². The number of pyridine rings is 1. The molecule has 28 heavy (non-hydrogen) atoms. The maximum absolute atomic E-state index is 6.08. The predicted molar refractivity (Wildman–Crippen MR) is 112 cm³/mol. The van der Waals surface area contributed by atoms with Gasteiger partial charge in [-0.05, 0) is 37.8 Å². The van der Waals surface area contributed by atoms with E-state index in [1.807, 2.05) is 31.4 Å². The maximum atomic E-state index is 6.08. The van der Waals surface area contributed by atoms with E-state index in [0.717, 1.165) is 48.4 Å². The monoisotopic (exact) mass is 381 g/mol. The zero-order chi connectivity index (χ0) is 19.3. The first-order valence-electron chi connectivity index (χ1n) is 9.88. The normalized spacial score (nSPS) is 14.4. The van der Waals surface area contributed by atoms with Crippen LogP contribution in [-0.2, 0) is 7.05 Å². The van der Waals surface area contributed by atoms with Crippen LogP contribution >= 0.6 is 0 Å². The molecule has 0 radical (unpaired) electrons. The van der Waals surface area contributed by atoms with E-state index in [9.17, 15) is 0 Å². The highest BCUT2D eigenvalue weighted by atomic mass is 16.5. The van der Waals surface area contributed by atoms with Gasteiger partial charge in [0.2, 0.25) is 11.9 Å². The zero-order valence-corrected chi connectivity index (χ0v) is 16.3. The number of nitrogen functional groups attached to an aromatic ring is 1. The van der Waals surface area contributed by atoms with Crippen LogP contribution in [0.1, 0.15) is 25.7 Å². The minimum absolute atomic E-state index is 0.273. The first-order valence-corrected chi connectivity index (χ1v) is 9.88. The van der Waals surface area contributed by atoms with Crippen molar-refractivity contribution in [3.05, 3.63) is 30.5 Å². The molecule has 8 nitrogen and oxygen atoms in total. The van der Waals surface area contributed by atoms with Crippen LogP contribution in [0.2, 0.25) is 0 Å². The van der Waals surface area contributed by atoms with E-state index in [4.69, 9.17) is 10.5 Å². The van der Waals surface area contributed by atoms with Gasteiger partial charge in [0.25, 0.3) is 0 Å². The minimum atomic E-state index is 0.273. The molecule has 1 aliphatic rings. The van der Waals surface area contributed by atoms with Crippen LogP contribution in [-0.4, -0.2) is 46.0 Å². The van der Waals surface area contributed by atoms with Gasteiger partial charge in [-0.1, -0.05) is 12.1 Å². The Labute approximate surface area is 164 Å². The molecule has 2 aromatic heterocycles. The second-order valence-corrected chi connectivity index (χ2v) is 7.08. The molecule has 0 spiro atoms. The quantitative estimate of drug-likeness (QED) is 0.608. The van der Waals surface area contributed by atoms with Gasteiger partial charge < -0.3 is 20.7 Å². The van der Waals surface area contributed by atoms with Gasteiger partial charge in [0.05, 0.1) is 6.61 Å². The molecule has 1 aromatic carbocycles. The number of fused-ring (bicyclic) bond motifs is 1.